The molecule has 0 spiro atoms. The lowest BCUT2D eigenvalue weighted by atomic mass is 10.1. The van der Waals surface area contributed by atoms with Crippen LogP contribution in [-0.4, -0.2) is 44.0 Å². The first-order valence-electron chi connectivity index (χ1n) is 6.13. The summed E-state index contributed by atoms with van der Waals surface area (Å²) >= 11 is 8.36. The zero-order valence-electron chi connectivity index (χ0n) is 11.4. The Morgan fingerprint density at radius 3 is 2.63 bits per heavy atom. The second-order valence-electron chi connectivity index (χ2n) is 4.78. The standard InChI is InChI=1S/C13H19Br2NO2S/c1-9(2)7-16(4-5-18-3)8-11(17)10-6-12(14)19-13(10)15/h6,9H,4-5,7-8H2,1-3H3. The SMILES string of the molecule is COCCN(CC(=O)c1cc(Br)sc1Br)CC(C)C. The molecule has 0 saturated heterocycles. The predicted molar refractivity (Wildman–Crippen MR) is 87.2 cm³/mol. The third kappa shape index (κ3) is 6.04. The van der Waals surface area contributed by atoms with E-state index < -0.39 is 0 Å². The summed E-state index contributed by atoms with van der Waals surface area (Å²) in [4.78, 5) is 14.5. The summed E-state index contributed by atoms with van der Waals surface area (Å²) in [6.45, 7) is 7.07. The van der Waals surface area contributed by atoms with Crippen molar-refractivity contribution in [3.63, 3.8) is 0 Å². The number of hydrogen-bond acceptors (Lipinski definition) is 4. The van der Waals surface area contributed by atoms with E-state index in [1.807, 2.05) is 6.07 Å². The molecular formula is C13H19Br2NO2S. The highest BCUT2D eigenvalue weighted by Crippen LogP contribution is 2.32. The highest BCUT2D eigenvalue weighted by atomic mass is 79.9. The molecule has 1 aromatic rings. The fraction of sp³-hybridized carbons (Fsp3) is 0.615. The summed E-state index contributed by atoms with van der Waals surface area (Å²) in [6, 6.07) is 1.88. The molecule has 0 atom stereocenters. The number of rotatable bonds is 8. The number of nitrogens with zero attached hydrogens (tertiary/aromatic N) is 1. The topological polar surface area (TPSA) is 29.5 Å². The molecule has 0 bridgehead atoms. The molecule has 3 nitrogen and oxygen atoms in total. The van der Waals surface area contributed by atoms with Crippen LogP contribution in [0.15, 0.2) is 13.6 Å². The van der Waals surface area contributed by atoms with Crippen LogP contribution in [0.25, 0.3) is 0 Å². The minimum Gasteiger partial charge on any atom is -0.383 e. The van der Waals surface area contributed by atoms with E-state index in [-0.39, 0.29) is 5.78 Å². The molecule has 0 unspecified atom stereocenters. The van der Waals surface area contributed by atoms with Gasteiger partial charge in [-0.1, -0.05) is 13.8 Å². The molecule has 0 aromatic carbocycles. The lowest BCUT2D eigenvalue weighted by Gasteiger charge is -2.23. The van der Waals surface area contributed by atoms with Crippen molar-refractivity contribution in [1.29, 1.82) is 0 Å². The van der Waals surface area contributed by atoms with E-state index in [0.717, 1.165) is 26.2 Å². The molecule has 0 radical (unpaired) electrons. The Balaban J connectivity index is 2.66. The summed E-state index contributed by atoms with van der Waals surface area (Å²) in [5, 5.41) is 0. The summed E-state index contributed by atoms with van der Waals surface area (Å²) < 4.78 is 6.96. The summed E-state index contributed by atoms with van der Waals surface area (Å²) in [5.74, 6) is 0.674. The summed E-state index contributed by atoms with van der Waals surface area (Å²) in [5.41, 5.74) is 0.753. The highest BCUT2D eigenvalue weighted by Gasteiger charge is 2.17. The Kier molecular flexibility index (Phi) is 7.76. The van der Waals surface area contributed by atoms with Gasteiger partial charge in [0.1, 0.15) is 0 Å². The number of thiophene rings is 1. The van der Waals surface area contributed by atoms with Gasteiger partial charge < -0.3 is 4.74 Å². The number of ketones is 1. The van der Waals surface area contributed by atoms with Gasteiger partial charge in [0.2, 0.25) is 0 Å². The predicted octanol–water partition coefficient (Wildman–Crippen LogP) is 4.06. The number of Topliss-reactive ketones (excluding diaryl/α,β-unsaturated/α-hetero) is 1. The van der Waals surface area contributed by atoms with Crippen molar-refractivity contribution in [1.82, 2.24) is 4.90 Å². The van der Waals surface area contributed by atoms with Crippen LogP contribution in [0.2, 0.25) is 0 Å². The van der Waals surface area contributed by atoms with Crippen molar-refractivity contribution in [2.75, 3.05) is 33.4 Å². The fourth-order valence-corrected chi connectivity index (χ4v) is 4.65. The Morgan fingerprint density at radius 1 is 1.47 bits per heavy atom. The Morgan fingerprint density at radius 2 is 2.16 bits per heavy atom. The van der Waals surface area contributed by atoms with Crippen LogP contribution in [0, 0.1) is 5.92 Å². The first-order chi connectivity index (χ1) is 8.93. The normalized spacial score (nSPS) is 11.5. The number of ether oxygens (including phenoxy) is 1. The van der Waals surface area contributed by atoms with Crippen molar-refractivity contribution in [3.05, 3.63) is 19.2 Å². The molecule has 0 N–H and O–H groups in total. The number of methoxy groups -OCH3 is 1. The van der Waals surface area contributed by atoms with Crippen LogP contribution < -0.4 is 0 Å². The van der Waals surface area contributed by atoms with Gasteiger partial charge in [-0.05, 0) is 43.8 Å². The molecule has 0 aliphatic carbocycles. The largest absolute Gasteiger partial charge is 0.383 e. The lowest BCUT2D eigenvalue weighted by molar-refractivity contribution is 0.0881. The maximum Gasteiger partial charge on any atom is 0.178 e. The average Bonchev–Trinajstić information content (AvgIpc) is 2.64. The van der Waals surface area contributed by atoms with Crippen LogP contribution in [0.4, 0.5) is 0 Å². The molecule has 1 heterocycles. The van der Waals surface area contributed by atoms with Gasteiger partial charge in [0.15, 0.2) is 5.78 Å². The van der Waals surface area contributed by atoms with Gasteiger partial charge in [-0.3, -0.25) is 9.69 Å². The molecule has 6 heteroatoms. The third-order valence-corrected chi connectivity index (χ3v) is 4.90. The molecule has 1 aromatic heterocycles. The Bertz CT molecular complexity index is 421. The van der Waals surface area contributed by atoms with Crippen molar-refractivity contribution >= 4 is 49.0 Å². The van der Waals surface area contributed by atoms with Gasteiger partial charge in [0.25, 0.3) is 0 Å². The number of carbonyl (C=O) groups is 1. The van der Waals surface area contributed by atoms with E-state index in [0.29, 0.717) is 19.1 Å². The Labute approximate surface area is 135 Å². The summed E-state index contributed by atoms with van der Waals surface area (Å²) in [7, 11) is 1.68. The smallest absolute Gasteiger partial charge is 0.178 e. The first kappa shape index (κ1) is 17.3. The van der Waals surface area contributed by atoms with Gasteiger partial charge >= 0.3 is 0 Å². The van der Waals surface area contributed by atoms with Crippen LogP contribution >= 0.6 is 43.2 Å². The van der Waals surface area contributed by atoms with Crippen LogP contribution in [-0.2, 0) is 4.74 Å². The lowest BCUT2D eigenvalue weighted by Crippen LogP contribution is -2.35. The first-order valence-corrected chi connectivity index (χ1v) is 8.53. The minimum atomic E-state index is 0.144. The van der Waals surface area contributed by atoms with Gasteiger partial charge in [-0.15, -0.1) is 11.3 Å². The van der Waals surface area contributed by atoms with Gasteiger partial charge in [0.05, 0.1) is 20.7 Å². The molecule has 0 aliphatic heterocycles. The van der Waals surface area contributed by atoms with Crippen molar-refractivity contribution in [3.8, 4) is 0 Å². The number of halogens is 2. The molecule has 1 rings (SSSR count). The molecule has 0 amide bonds. The van der Waals surface area contributed by atoms with E-state index in [4.69, 9.17) is 4.74 Å². The van der Waals surface area contributed by atoms with E-state index in [1.165, 1.54) is 11.3 Å². The van der Waals surface area contributed by atoms with Crippen molar-refractivity contribution in [2.24, 2.45) is 5.92 Å². The minimum absolute atomic E-state index is 0.144. The van der Waals surface area contributed by atoms with Crippen molar-refractivity contribution in [2.45, 2.75) is 13.8 Å². The molecule has 0 fully saturated rings. The van der Waals surface area contributed by atoms with Crippen LogP contribution in [0.3, 0.4) is 0 Å². The zero-order chi connectivity index (χ0) is 14.4. The molecular weight excluding hydrogens is 394 g/mol. The molecule has 0 aliphatic rings. The molecule has 108 valence electrons. The second kappa shape index (κ2) is 8.52. The number of hydrogen-bond donors (Lipinski definition) is 0. The molecule has 0 saturated carbocycles. The van der Waals surface area contributed by atoms with Crippen LogP contribution in [0.1, 0.15) is 24.2 Å². The zero-order valence-corrected chi connectivity index (χ0v) is 15.4. The van der Waals surface area contributed by atoms with Crippen LogP contribution in [0.5, 0.6) is 0 Å². The number of carbonyl (C=O) groups excluding carboxylic acids is 1. The quantitative estimate of drug-likeness (QED) is 0.603. The van der Waals surface area contributed by atoms with Gasteiger partial charge in [-0.2, -0.15) is 0 Å². The molecule has 19 heavy (non-hydrogen) atoms. The van der Waals surface area contributed by atoms with Gasteiger partial charge in [-0.25, -0.2) is 0 Å². The maximum absolute atomic E-state index is 12.3. The van der Waals surface area contributed by atoms with E-state index in [2.05, 4.69) is 50.6 Å². The fourth-order valence-electron chi connectivity index (χ4n) is 1.79. The van der Waals surface area contributed by atoms with E-state index >= 15 is 0 Å². The third-order valence-electron chi connectivity index (χ3n) is 2.56. The second-order valence-corrected chi connectivity index (χ2v) is 8.53. The van der Waals surface area contributed by atoms with E-state index in [9.17, 15) is 4.79 Å². The average molecular weight is 413 g/mol. The maximum atomic E-state index is 12.3. The highest BCUT2D eigenvalue weighted by molar-refractivity contribution is 9.12. The van der Waals surface area contributed by atoms with Gasteiger partial charge in [0, 0.05) is 25.8 Å². The van der Waals surface area contributed by atoms with E-state index in [1.54, 1.807) is 7.11 Å². The Hall–Kier alpha value is 0.250. The summed E-state index contributed by atoms with van der Waals surface area (Å²) in [6.07, 6.45) is 0. The van der Waals surface area contributed by atoms with Crippen molar-refractivity contribution < 1.29 is 9.53 Å². The monoisotopic (exact) mass is 411 g/mol.